The summed E-state index contributed by atoms with van der Waals surface area (Å²) in [6, 6.07) is 4.24. The lowest BCUT2D eigenvalue weighted by Crippen LogP contribution is -2.31. The van der Waals surface area contributed by atoms with E-state index in [9.17, 15) is 9.18 Å². The van der Waals surface area contributed by atoms with Crippen molar-refractivity contribution in [3.63, 3.8) is 0 Å². The molecule has 0 saturated carbocycles. The van der Waals surface area contributed by atoms with Crippen molar-refractivity contribution in [2.45, 2.75) is 12.8 Å². The van der Waals surface area contributed by atoms with Crippen molar-refractivity contribution < 1.29 is 18.7 Å². The third kappa shape index (κ3) is 4.76. The Balaban J connectivity index is 1.87. The molecule has 1 amide bonds. The maximum absolute atomic E-state index is 13.2. The van der Waals surface area contributed by atoms with Crippen LogP contribution in [-0.2, 0) is 9.53 Å². The second-order valence-electron chi connectivity index (χ2n) is 4.87. The summed E-state index contributed by atoms with van der Waals surface area (Å²) in [5, 5.41) is 2.79. The van der Waals surface area contributed by atoms with E-state index in [1.165, 1.54) is 25.3 Å². The van der Waals surface area contributed by atoms with Crippen LogP contribution in [0.4, 0.5) is 4.39 Å². The molecule has 1 aliphatic heterocycles. The first kappa shape index (κ1) is 15.3. The Morgan fingerprint density at radius 1 is 1.48 bits per heavy atom. The van der Waals surface area contributed by atoms with E-state index in [2.05, 4.69) is 17.2 Å². The predicted molar refractivity (Wildman–Crippen MR) is 76.4 cm³/mol. The Labute approximate surface area is 123 Å². The van der Waals surface area contributed by atoms with Gasteiger partial charge >= 0.3 is 0 Å². The van der Waals surface area contributed by atoms with Crippen LogP contribution in [0.2, 0.25) is 0 Å². The van der Waals surface area contributed by atoms with Crippen molar-refractivity contribution in [2.24, 2.45) is 5.92 Å². The molecular weight excluding hydrogens is 273 g/mol. The molecule has 4 nitrogen and oxygen atoms in total. The molecule has 0 unspecified atom stereocenters. The van der Waals surface area contributed by atoms with Crippen LogP contribution >= 0.6 is 0 Å². The summed E-state index contributed by atoms with van der Waals surface area (Å²) < 4.78 is 23.4. The van der Waals surface area contributed by atoms with E-state index in [0.29, 0.717) is 18.0 Å². The number of carbonyl (C=O) groups is 1. The average Bonchev–Trinajstić information content (AvgIpc) is 2.53. The topological polar surface area (TPSA) is 47.6 Å². The summed E-state index contributed by atoms with van der Waals surface area (Å²) in [7, 11) is 1.39. The van der Waals surface area contributed by atoms with Crippen LogP contribution in [0.1, 0.15) is 18.4 Å². The van der Waals surface area contributed by atoms with Gasteiger partial charge in [-0.3, -0.25) is 4.79 Å². The van der Waals surface area contributed by atoms with Crippen LogP contribution in [0.3, 0.4) is 0 Å². The highest BCUT2D eigenvalue weighted by molar-refractivity contribution is 5.94. The van der Waals surface area contributed by atoms with E-state index in [1.807, 2.05) is 0 Å². The Morgan fingerprint density at radius 2 is 2.24 bits per heavy atom. The SMILES string of the molecule is COc1cc(C#CC(=O)NCC2CCOCC2)ccc1F. The molecule has 1 N–H and O–H groups in total. The molecule has 1 fully saturated rings. The van der Waals surface area contributed by atoms with Crippen molar-refractivity contribution in [1.29, 1.82) is 0 Å². The van der Waals surface area contributed by atoms with Crippen LogP contribution < -0.4 is 10.1 Å². The molecule has 21 heavy (non-hydrogen) atoms. The minimum Gasteiger partial charge on any atom is -0.494 e. The Morgan fingerprint density at radius 3 is 2.95 bits per heavy atom. The number of halogens is 1. The summed E-state index contributed by atoms with van der Waals surface area (Å²) in [5.41, 5.74) is 0.537. The van der Waals surface area contributed by atoms with Crippen molar-refractivity contribution >= 4 is 5.91 Å². The monoisotopic (exact) mass is 291 g/mol. The highest BCUT2D eigenvalue weighted by Crippen LogP contribution is 2.17. The number of ether oxygens (including phenoxy) is 2. The predicted octanol–water partition coefficient (Wildman–Crippen LogP) is 1.73. The minimum atomic E-state index is -0.452. The maximum atomic E-state index is 13.2. The van der Waals surface area contributed by atoms with Gasteiger partial charge in [0.15, 0.2) is 11.6 Å². The number of nitrogens with one attached hydrogen (secondary N) is 1. The Kier molecular flexibility index (Phi) is 5.59. The van der Waals surface area contributed by atoms with Crippen LogP contribution in [-0.4, -0.2) is 32.8 Å². The zero-order valence-electron chi connectivity index (χ0n) is 11.9. The second kappa shape index (κ2) is 7.65. The van der Waals surface area contributed by atoms with Gasteiger partial charge in [-0.25, -0.2) is 4.39 Å². The van der Waals surface area contributed by atoms with Crippen molar-refractivity contribution in [1.82, 2.24) is 5.32 Å². The van der Waals surface area contributed by atoms with Crippen LogP contribution in [0, 0.1) is 23.6 Å². The summed E-state index contributed by atoms with van der Waals surface area (Å²) >= 11 is 0. The quantitative estimate of drug-likeness (QED) is 0.863. The lowest BCUT2D eigenvalue weighted by molar-refractivity contribution is -0.116. The lowest BCUT2D eigenvalue weighted by Gasteiger charge is -2.21. The normalized spacial score (nSPS) is 15.0. The fourth-order valence-corrected chi connectivity index (χ4v) is 2.10. The molecular formula is C16H18FNO3. The molecule has 0 radical (unpaired) electrons. The van der Waals surface area contributed by atoms with E-state index >= 15 is 0 Å². The van der Waals surface area contributed by atoms with Crippen molar-refractivity contribution in [2.75, 3.05) is 26.9 Å². The number of methoxy groups -OCH3 is 1. The van der Waals surface area contributed by atoms with Gasteiger partial charge in [-0.2, -0.15) is 0 Å². The number of rotatable bonds is 3. The van der Waals surface area contributed by atoms with Gasteiger partial charge in [-0.1, -0.05) is 5.92 Å². The third-order valence-corrected chi connectivity index (χ3v) is 3.36. The Hall–Kier alpha value is -2.06. The highest BCUT2D eigenvalue weighted by Gasteiger charge is 2.13. The molecule has 0 aromatic heterocycles. The molecule has 1 heterocycles. The van der Waals surface area contributed by atoms with E-state index in [4.69, 9.17) is 9.47 Å². The summed E-state index contributed by atoms with van der Waals surface area (Å²) in [6.07, 6.45) is 1.92. The molecule has 0 spiro atoms. The molecule has 1 aromatic rings. The molecule has 112 valence electrons. The summed E-state index contributed by atoms with van der Waals surface area (Å²) in [4.78, 5) is 11.7. The van der Waals surface area contributed by atoms with E-state index < -0.39 is 5.82 Å². The van der Waals surface area contributed by atoms with Gasteiger partial charge in [0, 0.05) is 31.2 Å². The average molecular weight is 291 g/mol. The van der Waals surface area contributed by atoms with E-state index in [1.54, 1.807) is 0 Å². The molecule has 0 aliphatic carbocycles. The number of carbonyl (C=O) groups excluding carboxylic acids is 1. The van der Waals surface area contributed by atoms with E-state index in [0.717, 1.165) is 26.1 Å². The van der Waals surface area contributed by atoms with Crippen LogP contribution in [0.25, 0.3) is 0 Å². The molecule has 5 heteroatoms. The number of amides is 1. The van der Waals surface area contributed by atoms with Crippen LogP contribution in [0.15, 0.2) is 18.2 Å². The van der Waals surface area contributed by atoms with Gasteiger partial charge in [-0.15, -0.1) is 0 Å². The van der Waals surface area contributed by atoms with Gasteiger partial charge in [-0.05, 0) is 37.0 Å². The van der Waals surface area contributed by atoms with Gasteiger partial charge in [0.2, 0.25) is 0 Å². The first-order chi connectivity index (χ1) is 10.2. The molecule has 1 aliphatic rings. The van der Waals surface area contributed by atoms with Gasteiger partial charge < -0.3 is 14.8 Å². The standard InChI is InChI=1S/C16H18FNO3/c1-20-15-10-12(2-4-14(15)17)3-5-16(19)18-11-13-6-8-21-9-7-13/h2,4,10,13H,6-9,11H2,1H3,(H,18,19). The fraction of sp³-hybridized carbons (Fsp3) is 0.438. The zero-order chi connectivity index (χ0) is 15.1. The summed E-state index contributed by atoms with van der Waals surface area (Å²) in [6.45, 7) is 2.12. The third-order valence-electron chi connectivity index (χ3n) is 3.36. The number of hydrogen-bond acceptors (Lipinski definition) is 3. The maximum Gasteiger partial charge on any atom is 0.296 e. The molecule has 1 saturated heterocycles. The number of benzene rings is 1. The molecule has 0 atom stereocenters. The first-order valence-corrected chi connectivity index (χ1v) is 6.90. The van der Waals surface area contributed by atoms with Gasteiger partial charge in [0.05, 0.1) is 7.11 Å². The smallest absolute Gasteiger partial charge is 0.296 e. The van der Waals surface area contributed by atoms with E-state index in [-0.39, 0.29) is 11.7 Å². The molecule has 1 aromatic carbocycles. The molecule has 2 rings (SSSR count). The zero-order valence-corrected chi connectivity index (χ0v) is 11.9. The summed E-state index contributed by atoms with van der Waals surface area (Å²) in [5.74, 6) is 4.99. The number of hydrogen-bond donors (Lipinski definition) is 1. The minimum absolute atomic E-state index is 0.115. The first-order valence-electron chi connectivity index (χ1n) is 6.90. The van der Waals surface area contributed by atoms with Gasteiger partial charge in [0.25, 0.3) is 5.91 Å². The lowest BCUT2D eigenvalue weighted by atomic mass is 10.0. The van der Waals surface area contributed by atoms with Crippen molar-refractivity contribution in [3.8, 4) is 17.6 Å². The fourth-order valence-electron chi connectivity index (χ4n) is 2.10. The van der Waals surface area contributed by atoms with Crippen molar-refractivity contribution in [3.05, 3.63) is 29.6 Å². The van der Waals surface area contributed by atoms with Gasteiger partial charge in [0.1, 0.15) is 0 Å². The largest absolute Gasteiger partial charge is 0.494 e. The second-order valence-corrected chi connectivity index (χ2v) is 4.87. The Bertz CT molecular complexity index is 556. The molecule has 0 bridgehead atoms. The highest BCUT2D eigenvalue weighted by atomic mass is 19.1. The van der Waals surface area contributed by atoms with Crippen LogP contribution in [0.5, 0.6) is 5.75 Å².